The van der Waals surface area contributed by atoms with E-state index in [1.54, 1.807) is 61.5 Å². The summed E-state index contributed by atoms with van der Waals surface area (Å²) < 4.78 is 16.0. The van der Waals surface area contributed by atoms with E-state index in [1.807, 2.05) is 24.3 Å². The largest absolute Gasteiger partial charge is 0.490 e. The molecule has 0 amide bonds. The van der Waals surface area contributed by atoms with Gasteiger partial charge in [0.25, 0.3) is 0 Å². The van der Waals surface area contributed by atoms with E-state index in [0.717, 1.165) is 11.1 Å². The molecule has 0 aliphatic carbocycles. The zero-order valence-corrected chi connectivity index (χ0v) is 16.7. The van der Waals surface area contributed by atoms with Gasteiger partial charge in [-0.05, 0) is 59.7 Å². The van der Waals surface area contributed by atoms with E-state index >= 15 is 0 Å². The van der Waals surface area contributed by atoms with Crippen molar-refractivity contribution in [3.63, 3.8) is 0 Å². The Morgan fingerprint density at radius 1 is 0.767 bits per heavy atom. The molecule has 152 valence electrons. The minimum Gasteiger partial charge on any atom is -0.490 e. The van der Waals surface area contributed by atoms with Crippen molar-refractivity contribution >= 4 is 11.9 Å². The zero-order chi connectivity index (χ0) is 21.3. The van der Waals surface area contributed by atoms with E-state index in [2.05, 4.69) is 6.58 Å². The van der Waals surface area contributed by atoms with Crippen LogP contribution in [0, 0.1) is 0 Å². The van der Waals surface area contributed by atoms with Crippen LogP contribution in [-0.4, -0.2) is 18.5 Å². The number of hydrogen-bond donors (Lipinski definition) is 0. The Morgan fingerprint density at radius 2 is 1.27 bits per heavy atom. The molecule has 5 heteroatoms. The van der Waals surface area contributed by atoms with Crippen molar-refractivity contribution in [1.82, 2.24) is 0 Å². The summed E-state index contributed by atoms with van der Waals surface area (Å²) in [5.74, 6) is 0.903. The predicted octanol–water partition coefficient (Wildman–Crippen LogP) is 5.45. The first-order valence-electron chi connectivity index (χ1n) is 9.56. The van der Waals surface area contributed by atoms with Crippen molar-refractivity contribution in [2.75, 3.05) is 6.61 Å². The summed E-state index contributed by atoms with van der Waals surface area (Å²) >= 11 is 0. The molecule has 0 atom stereocenters. The Morgan fingerprint density at radius 3 is 1.77 bits per heavy atom. The van der Waals surface area contributed by atoms with E-state index in [-0.39, 0.29) is 5.97 Å². The molecule has 0 unspecified atom stereocenters. The van der Waals surface area contributed by atoms with E-state index in [9.17, 15) is 9.59 Å². The third kappa shape index (κ3) is 5.58. The van der Waals surface area contributed by atoms with E-state index < -0.39 is 5.97 Å². The highest BCUT2D eigenvalue weighted by Crippen LogP contribution is 2.25. The number of esters is 2. The van der Waals surface area contributed by atoms with Crippen LogP contribution in [0.3, 0.4) is 0 Å². The van der Waals surface area contributed by atoms with E-state index in [4.69, 9.17) is 14.2 Å². The van der Waals surface area contributed by atoms with Crippen LogP contribution < -0.4 is 14.2 Å². The van der Waals surface area contributed by atoms with Gasteiger partial charge < -0.3 is 14.2 Å². The van der Waals surface area contributed by atoms with Gasteiger partial charge in [-0.25, -0.2) is 4.79 Å². The minimum absolute atomic E-state index is 0.271. The van der Waals surface area contributed by atoms with Crippen LogP contribution in [0.25, 0.3) is 11.1 Å². The zero-order valence-electron chi connectivity index (χ0n) is 16.7. The molecular weight excluding hydrogens is 380 g/mol. The van der Waals surface area contributed by atoms with Crippen LogP contribution in [0.15, 0.2) is 85.5 Å². The summed E-state index contributed by atoms with van der Waals surface area (Å²) in [7, 11) is 0. The molecule has 0 aliphatic heterocycles. The lowest BCUT2D eigenvalue weighted by atomic mass is 10.1. The molecule has 0 aromatic heterocycles. The second-order valence-electron chi connectivity index (χ2n) is 6.39. The first kappa shape index (κ1) is 20.9. The van der Waals surface area contributed by atoms with Gasteiger partial charge in [0.05, 0.1) is 5.56 Å². The summed E-state index contributed by atoms with van der Waals surface area (Å²) in [4.78, 5) is 23.7. The monoisotopic (exact) mass is 402 g/mol. The number of ether oxygens (including phenoxy) is 3. The number of rotatable bonds is 8. The van der Waals surface area contributed by atoms with Gasteiger partial charge in [-0.2, -0.15) is 0 Å². The molecule has 0 N–H and O–H groups in total. The van der Waals surface area contributed by atoms with Crippen LogP contribution in [0.2, 0.25) is 0 Å². The Hall–Kier alpha value is -3.86. The highest BCUT2D eigenvalue weighted by molar-refractivity contribution is 5.91. The van der Waals surface area contributed by atoms with Crippen molar-refractivity contribution in [2.45, 2.75) is 13.3 Å². The van der Waals surface area contributed by atoms with Crippen molar-refractivity contribution in [1.29, 1.82) is 0 Å². The molecule has 3 aromatic carbocycles. The summed E-state index contributed by atoms with van der Waals surface area (Å²) in [5, 5.41) is 0. The number of benzene rings is 3. The van der Waals surface area contributed by atoms with Crippen LogP contribution >= 0.6 is 0 Å². The minimum atomic E-state index is -0.444. The van der Waals surface area contributed by atoms with Gasteiger partial charge in [0, 0.05) is 6.42 Å². The molecular formula is C25H22O5. The highest BCUT2D eigenvalue weighted by Gasteiger charge is 2.09. The highest BCUT2D eigenvalue weighted by atomic mass is 16.5. The van der Waals surface area contributed by atoms with Gasteiger partial charge in [-0.1, -0.05) is 43.8 Å². The topological polar surface area (TPSA) is 61.8 Å². The fourth-order valence-corrected chi connectivity index (χ4v) is 2.64. The molecule has 0 saturated carbocycles. The van der Waals surface area contributed by atoms with E-state index in [0.29, 0.717) is 35.8 Å². The first-order valence-corrected chi connectivity index (χ1v) is 9.56. The van der Waals surface area contributed by atoms with Crippen molar-refractivity contribution in [2.24, 2.45) is 0 Å². The van der Waals surface area contributed by atoms with Crippen molar-refractivity contribution in [3.8, 4) is 28.4 Å². The lowest BCUT2D eigenvalue weighted by molar-refractivity contribution is -0.134. The van der Waals surface area contributed by atoms with Gasteiger partial charge >= 0.3 is 11.9 Å². The normalized spacial score (nSPS) is 10.2. The quantitative estimate of drug-likeness (QED) is 0.285. The maximum absolute atomic E-state index is 12.3. The molecule has 0 fully saturated rings. The third-order valence-electron chi connectivity index (χ3n) is 4.23. The van der Waals surface area contributed by atoms with Gasteiger partial charge in [-0.15, -0.1) is 0 Å². The standard InChI is InChI=1S/C25H22O5/c1-3-17-28-21-11-9-20(10-12-21)25(27)30-23-15-7-19(8-16-23)18-5-13-22(14-6-18)29-24(26)4-2/h3,5-16H,1,4,17H2,2H3. The third-order valence-corrected chi connectivity index (χ3v) is 4.23. The molecule has 0 bridgehead atoms. The average Bonchev–Trinajstić information content (AvgIpc) is 2.79. The number of hydrogen-bond acceptors (Lipinski definition) is 5. The molecule has 30 heavy (non-hydrogen) atoms. The Labute approximate surface area is 175 Å². The smallest absolute Gasteiger partial charge is 0.343 e. The molecule has 3 rings (SSSR count). The van der Waals surface area contributed by atoms with Crippen molar-refractivity contribution in [3.05, 3.63) is 91.0 Å². The molecule has 0 saturated heterocycles. The fraction of sp³-hybridized carbons (Fsp3) is 0.120. The number of carbonyl (C=O) groups excluding carboxylic acids is 2. The summed E-state index contributed by atoms with van der Waals surface area (Å²) in [5.41, 5.74) is 2.34. The molecule has 0 aliphatic rings. The van der Waals surface area contributed by atoms with Crippen molar-refractivity contribution < 1.29 is 23.8 Å². The maximum atomic E-state index is 12.3. The Bertz CT molecular complexity index is 1000. The Kier molecular flexibility index (Phi) is 7.00. The van der Waals surface area contributed by atoms with E-state index in [1.165, 1.54) is 0 Å². The Balaban J connectivity index is 1.62. The second-order valence-corrected chi connectivity index (χ2v) is 6.39. The first-order chi connectivity index (χ1) is 14.6. The lowest BCUT2D eigenvalue weighted by Gasteiger charge is -2.08. The van der Waals surface area contributed by atoms with Gasteiger partial charge in [0.1, 0.15) is 23.9 Å². The van der Waals surface area contributed by atoms with Gasteiger partial charge in [-0.3, -0.25) is 4.79 Å². The summed E-state index contributed by atoms with van der Waals surface area (Å²) in [6, 6.07) is 21.2. The molecule has 0 spiro atoms. The molecule has 3 aromatic rings. The van der Waals surface area contributed by atoms with Crippen LogP contribution in [0.5, 0.6) is 17.2 Å². The number of carbonyl (C=O) groups is 2. The van der Waals surface area contributed by atoms with Crippen LogP contribution in [0.1, 0.15) is 23.7 Å². The average molecular weight is 402 g/mol. The SMILES string of the molecule is C=CCOc1ccc(C(=O)Oc2ccc(-c3ccc(OC(=O)CC)cc3)cc2)cc1. The molecule has 0 heterocycles. The molecule has 5 nitrogen and oxygen atoms in total. The fourth-order valence-electron chi connectivity index (χ4n) is 2.64. The lowest BCUT2D eigenvalue weighted by Crippen LogP contribution is -2.08. The van der Waals surface area contributed by atoms with Crippen LogP contribution in [0.4, 0.5) is 0 Å². The predicted molar refractivity (Wildman–Crippen MR) is 115 cm³/mol. The van der Waals surface area contributed by atoms with Gasteiger partial charge in [0.2, 0.25) is 0 Å². The maximum Gasteiger partial charge on any atom is 0.343 e. The molecule has 0 radical (unpaired) electrons. The second kappa shape index (κ2) is 10.1. The van der Waals surface area contributed by atoms with Gasteiger partial charge in [0.15, 0.2) is 0 Å². The van der Waals surface area contributed by atoms with Crippen LogP contribution in [-0.2, 0) is 4.79 Å². The summed E-state index contributed by atoms with van der Waals surface area (Å²) in [6.45, 7) is 5.75. The summed E-state index contributed by atoms with van der Waals surface area (Å²) in [6.07, 6.45) is 1.98.